The van der Waals surface area contributed by atoms with Gasteiger partial charge in [0.1, 0.15) is 0 Å². The average Bonchev–Trinajstić information content (AvgIpc) is 3.64. The number of aromatic nitrogens is 1. The molecule has 6 aromatic carbocycles. The van der Waals surface area contributed by atoms with Gasteiger partial charge in [0.15, 0.2) is 0 Å². The van der Waals surface area contributed by atoms with Gasteiger partial charge in [-0.1, -0.05) is 109 Å². The van der Waals surface area contributed by atoms with Crippen LogP contribution >= 0.6 is 11.8 Å². The normalized spacial score (nSPS) is 16.8. The highest BCUT2D eigenvalue weighted by molar-refractivity contribution is 8.00. The molecule has 3 heteroatoms. The maximum Gasteiger partial charge on any atom is 0.0541 e. The van der Waals surface area contributed by atoms with Crippen LogP contribution in [0.4, 0.5) is 11.4 Å². The summed E-state index contributed by atoms with van der Waals surface area (Å²) in [6, 6.07) is 52.4. The Morgan fingerprint density at radius 1 is 0.533 bits per heavy atom. The summed E-state index contributed by atoms with van der Waals surface area (Å²) in [7, 11) is 0. The molecule has 0 radical (unpaired) electrons. The summed E-state index contributed by atoms with van der Waals surface area (Å²) in [6.45, 7) is 0. The monoisotopic (exact) mass is 594 g/mol. The molecule has 1 N–H and O–H groups in total. The van der Waals surface area contributed by atoms with Crippen LogP contribution in [0, 0.1) is 0 Å². The van der Waals surface area contributed by atoms with Crippen molar-refractivity contribution in [3.63, 3.8) is 0 Å². The van der Waals surface area contributed by atoms with E-state index >= 15 is 0 Å². The minimum absolute atomic E-state index is 0.399. The molecule has 45 heavy (non-hydrogen) atoms. The fraction of sp³-hybridized carbons (Fsp3) is 0.0476. The lowest BCUT2D eigenvalue weighted by atomic mass is 9.91. The minimum Gasteiger partial charge on any atom is -0.356 e. The summed E-state index contributed by atoms with van der Waals surface area (Å²) in [4.78, 5) is 1.41. The van der Waals surface area contributed by atoms with Crippen LogP contribution in [0.1, 0.15) is 11.5 Å². The maximum absolute atomic E-state index is 3.56. The third kappa shape index (κ3) is 4.59. The molecule has 0 fully saturated rings. The van der Waals surface area contributed by atoms with Gasteiger partial charge in [0.2, 0.25) is 0 Å². The largest absolute Gasteiger partial charge is 0.356 e. The van der Waals surface area contributed by atoms with Gasteiger partial charge in [0, 0.05) is 43.9 Å². The molecule has 0 amide bonds. The van der Waals surface area contributed by atoms with E-state index in [0.29, 0.717) is 11.2 Å². The molecular formula is C42H30N2S. The number of fused-ring (bicyclic) bond motifs is 6. The molecule has 0 saturated carbocycles. The molecule has 0 spiro atoms. The summed E-state index contributed by atoms with van der Waals surface area (Å²) in [5, 5.41) is 6.59. The maximum atomic E-state index is 3.56. The van der Waals surface area contributed by atoms with Crippen LogP contribution in [0.15, 0.2) is 169 Å². The molecule has 0 saturated heterocycles. The fourth-order valence-corrected chi connectivity index (χ4v) is 8.23. The number of hydrogen-bond donors (Lipinski definition) is 1. The molecule has 214 valence electrons. The van der Waals surface area contributed by atoms with Crippen molar-refractivity contribution in [1.82, 2.24) is 4.57 Å². The van der Waals surface area contributed by atoms with Crippen molar-refractivity contribution >= 4 is 50.6 Å². The summed E-state index contributed by atoms with van der Waals surface area (Å²) in [6.07, 6.45) is 7.19. The summed E-state index contributed by atoms with van der Waals surface area (Å²) in [5.74, 6) is 0.399. The topological polar surface area (TPSA) is 17.0 Å². The predicted molar refractivity (Wildman–Crippen MR) is 192 cm³/mol. The lowest BCUT2D eigenvalue weighted by Gasteiger charge is -2.21. The van der Waals surface area contributed by atoms with E-state index in [0.717, 1.165) is 11.4 Å². The highest BCUT2D eigenvalue weighted by Crippen LogP contribution is 2.49. The molecule has 9 rings (SSSR count). The molecule has 2 heterocycles. The zero-order valence-corrected chi connectivity index (χ0v) is 25.4. The first-order valence-electron chi connectivity index (χ1n) is 15.5. The number of anilines is 2. The van der Waals surface area contributed by atoms with Gasteiger partial charge in [-0.25, -0.2) is 0 Å². The minimum atomic E-state index is 0.399. The molecule has 2 nitrogen and oxygen atoms in total. The fourth-order valence-electron chi connectivity index (χ4n) is 6.91. The third-order valence-electron chi connectivity index (χ3n) is 9.13. The molecule has 1 aliphatic heterocycles. The van der Waals surface area contributed by atoms with Gasteiger partial charge in [-0.2, -0.15) is 0 Å². The van der Waals surface area contributed by atoms with Crippen molar-refractivity contribution in [2.24, 2.45) is 0 Å². The first-order valence-corrected chi connectivity index (χ1v) is 16.4. The van der Waals surface area contributed by atoms with Crippen LogP contribution in [0.25, 0.3) is 49.8 Å². The number of nitrogens with zero attached hydrogens (tertiary/aromatic N) is 1. The first-order chi connectivity index (χ1) is 22.3. The van der Waals surface area contributed by atoms with Gasteiger partial charge < -0.3 is 9.88 Å². The van der Waals surface area contributed by atoms with E-state index in [-0.39, 0.29) is 0 Å². The average molecular weight is 595 g/mol. The van der Waals surface area contributed by atoms with E-state index in [1.165, 1.54) is 60.2 Å². The van der Waals surface area contributed by atoms with Crippen LogP contribution in [-0.4, -0.2) is 9.82 Å². The van der Waals surface area contributed by atoms with Crippen LogP contribution in [0.3, 0.4) is 0 Å². The predicted octanol–water partition coefficient (Wildman–Crippen LogP) is 11.5. The van der Waals surface area contributed by atoms with E-state index in [2.05, 4.69) is 174 Å². The van der Waals surface area contributed by atoms with E-state index in [1.807, 2.05) is 11.8 Å². The van der Waals surface area contributed by atoms with Crippen LogP contribution in [0.2, 0.25) is 0 Å². The van der Waals surface area contributed by atoms with Crippen molar-refractivity contribution in [1.29, 1.82) is 0 Å². The summed E-state index contributed by atoms with van der Waals surface area (Å²) >= 11 is 1.98. The second-order valence-corrected chi connectivity index (χ2v) is 13.0. The summed E-state index contributed by atoms with van der Waals surface area (Å²) in [5.41, 5.74) is 12.2. The number of nitrogens with one attached hydrogen (secondary N) is 1. The van der Waals surface area contributed by atoms with Gasteiger partial charge in [-0.15, -0.1) is 11.8 Å². The third-order valence-corrected chi connectivity index (χ3v) is 10.5. The Morgan fingerprint density at radius 3 is 1.96 bits per heavy atom. The van der Waals surface area contributed by atoms with E-state index in [1.54, 1.807) is 0 Å². The molecule has 2 atom stereocenters. The SMILES string of the molecule is C1=CC2Sc3ccccc3C2C=C1n1c2ccccc2c2cc(-c3ccc(Nc4ccc(-c5ccccc5)cc4)cc3)ccc21. The number of thioether (sulfide) groups is 1. The van der Waals surface area contributed by atoms with Crippen LogP contribution in [-0.2, 0) is 0 Å². The van der Waals surface area contributed by atoms with Gasteiger partial charge in [0.05, 0.1) is 11.0 Å². The highest BCUT2D eigenvalue weighted by atomic mass is 32.2. The zero-order valence-electron chi connectivity index (χ0n) is 24.6. The quantitative estimate of drug-likeness (QED) is 0.213. The first kappa shape index (κ1) is 26.2. The number of allylic oxidation sites excluding steroid dienone is 3. The van der Waals surface area contributed by atoms with Crippen LogP contribution < -0.4 is 5.32 Å². The molecule has 7 aromatic rings. The van der Waals surface area contributed by atoms with Crippen molar-refractivity contribution in [3.05, 3.63) is 169 Å². The van der Waals surface area contributed by atoms with Crippen molar-refractivity contribution in [2.45, 2.75) is 16.1 Å². The zero-order chi connectivity index (χ0) is 29.7. The molecule has 1 aliphatic carbocycles. The van der Waals surface area contributed by atoms with Gasteiger partial charge >= 0.3 is 0 Å². The lowest BCUT2D eigenvalue weighted by Crippen LogP contribution is -2.11. The highest BCUT2D eigenvalue weighted by Gasteiger charge is 2.32. The Kier molecular flexibility index (Phi) is 6.24. The number of rotatable bonds is 5. The van der Waals surface area contributed by atoms with Gasteiger partial charge in [0.25, 0.3) is 0 Å². The Labute approximate surface area is 267 Å². The Morgan fingerprint density at radius 2 is 1.16 bits per heavy atom. The second kappa shape index (κ2) is 10.7. The summed E-state index contributed by atoms with van der Waals surface area (Å²) < 4.78 is 2.45. The van der Waals surface area contributed by atoms with Crippen molar-refractivity contribution in [3.8, 4) is 22.3 Å². The smallest absolute Gasteiger partial charge is 0.0541 e. The number of hydrogen-bond acceptors (Lipinski definition) is 2. The standard InChI is InChI=1S/C42H30N2S/c1-2-8-28(9-3-1)29-14-19-32(20-15-29)43-33-21-16-30(17-22-33)31-18-24-40-37(26-31)35-10-4-6-12-39(35)44(40)34-23-25-42-38(27-34)36-11-5-7-13-41(36)45-42/h1-27,38,42-43H. The van der Waals surface area contributed by atoms with E-state index < -0.39 is 0 Å². The lowest BCUT2D eigenvalue weighted by molar-refractivity contribution is 0.876. The van der Waals surface area contributed by atoms with Crippen molar-refractivity contribution in [2.75, 3.05) is 5.32 Å². The molecular weight excluding hydrogens is 565 g/mol. The van der Waals surface area contributed by atoms with E-state index in [9.17, 15) is 0 Å². The number of benzene rings is 6. The molecule has 1 aromatic heterocycles. The molecule has 0 bridgehead atoms. The molecule has 2 unspecified atom stereocenters. The van der Waals surface area contributed by atoms with E-state index in [4.69, 9.17) is 0 Å². The Bertz CT molecular complexity index is 2260. The Hall–Kier alpha value is -5.25. The van der Waals surface area contributed by atoms with Crippen LogP contribution in [0.5, 0.6) is 0 Å². The second-order valence-electron chi connectivity index (χ2n) is 11.8. The van der Waals surface area contributed by atoms with Gasteiger partial charge in [-0.3, -0.25) is 0 Å². The Balaban J connectivity index is 1.03. The van der Waals surface area contributed by atoms with Gasteiger partial charge in [-0.05, 0) is 82.4 Å². The van der Waals surface area contributed by atoms with Crippen molar-refractivity contribution < 1.29 is 0 Å². The number of para-hydroxylation sites is 1. The molecule has 2 aliphatic rings.